The van der Waals surface area contributed by atoms with Crippen LogP contribution < -0.4 is 18.9 Å². The molecule has 11 heteroatoms. The van der Waals surface area contributed by atoms with Crippen molar-refractivity contribution >= 4 is 66.2 Å². The molecule has 238 valence electrons. The molecule has 2 atom stereocenters. The standard InChI is InChI=1S/C34H36O9S2/c1-19(21(3)35)11-24(36)32-15-22-13-26-28(17-30(22)44-32)42-9-6-10-43-29-18-31-23(14-27(29)41-8-5-7-40-26)16-33(45-31)25(37)12-20(2)34(38)39-4/h13-20H,5-12H2,1-4H3/t19-,20-/m0/s1. The zero-order valence-electron chi connectivity index (χ0n) is 25.8. The maximum Gasteiger partial charge on any atom is 0.308 e. The lowest BCUT2D eigenvalue weighted by Crippen LogP contribution is -2.16. The number of ether oxygens (including phenoxy) is 5. The fraction of sp³-hybridized carbons (Fsp3) is 0.412. The Morgan fingerprint density at radius 2 is 1.07 bits per heavy atom. The van der Waals surface area contributed by atoms with Crippen molar-refractivity contribution in [3.63, 3.8) is 0 Å². The molecular weight excluding hydrogens is 616 g/mol. The fourth-order valence-corrected chi connectivity index (χ4v) is 6.90. The quantitative estimate of drug-likeness (QED) is 0.143. The third kappa shape index (κ3) is 7.83. The Morgan fingerprint density at radius 3 is 1.47 bits per heavy atom. The van der Waals surface area contributed by atoms with Crippen molar-refractivity contribution in [2.24, 2.45) is 11.8 Å². The lowest BCUT2D eigenvalue weighted by molar-refractivity contribution is -0.144. The highest BCUT2D eigenvalue weighted by atomic mass is 32.1. The second-order valence-electron chi connectivity index (χ2n) is 11.2. The number of thiophene rings is 2. The van der Waals surface area contributed by atoms with Gasteiger partial charge in [0.05, 0.1) is 49.2 Å². The molecular formula is C34H36O9S2. The van der Waals surface area contributed by atoms with Gasteiger partial charge in [-0.3, -0.25) is 19.2 Å². The zero-order valence-corrected chi connectivity index (χ0v) is 27.4. The Hall–Kier alpha value is -3.96. The number of hydrogen-bond acceptors (Lipinski definition) is 11. The topological polar surface area (TPSA) is 114 Å². The molecule has 4 aromatic rings. The van der Waals surface area contributed by atoms with Gasteiger partial charge in [-0.15, -0.1) is 22.7 Å². The predicted molar refractivity (Wildman–Crippen MR) is 174 cm³/mol. The molecule has 0 spiro atoms. The Kier molecular flexibility index (Phi) is 10.4. The fourth-order valence-electron chi connectivity index (χ4n) is 4.85. The van der Waals surface area contributed by atoms with E-state index in [1.165, 1.54) is 36.7 Å². The van der Waals surface area contributed by atoms with E-state index in [2.05, 4.69) is 0 Å². The van der Waals surface area contributed by atoms with Gasteiger partial charge in [-0.05, 0) is 42.0 Å². The van der Waals surface area contributed by atoms with Gasteiger partial charge in [-0.2, -0.15) is 0 Å². The van der Waals surface area contributed by atoms with E-state index in [1.807, 2.05) is 36.4 Å². The monoisotopic (exact) mass is 652 g/mol. The maximum atomic E-state index is 12.9. The first kappa shape index (κ1) is 32.4. The van der Waals surface area contributed by atoms with Gasteiger partial charge in [-0.25, -0.2) is 0 Å². The van der Waals surface area contributed by atoms with Crippen LogP contribution in [0.25, 0.3) is 20.2 Å². The molecule has 0 unspecified atom stereocenters. The number of hydrogen-bond donors (Lipinski definition) is 0. The van der Waals surface area contributed by atoms with Crippen molar-refractivity contribution in [3.8, 4) is 23.0 Å². The molecule has 45 heavy (non-hydrogen) atoms. The Bertz CT molecular complexity index is 1650. The lowest BCUT2D eigenvalue weighted by Gasteiger charge is -2.16. The Balaban J connectivity index is 1.29. The second-order valence-corrected chi connectivity index (χ2v) is 13.4. The van der Waals surface area contributed by atoms with E-state index >= 15 is 0 Å². The summed E-state index contributed by atoms with van der Waals surface area (Å²) in [5.41, 5.74) is 0. The molecule has 2 aromatic heterocycles. The van der Waals surface area contributed by atoms with Crippen molar-refractivity contribution in [3.05, 3.63) is 46.2 Å². The Labute approximate surface area is 269 Å². The van der Waals surface area contributed by atoms with E-state index < -0.39 is 11.9 Å². The summed E-state index contributed by atoms with van der Waals surface area (Å²) in [6.45, 7) is 6.46. The number of Topliss-reactive ketones (excluding diaryl/α,β-unsaturated/α-hetero) is 3. The van der Waals surface area contributed by atoms with Crippen molar-refractivity contribution in [1.82, 2.24) is 0 Å². The molecule has 0 radical (unpaired) electrons. The first-order valence-corrected chi connectivity index (χ1v) is 16.6. The molecule has 0 saturated heterocycles. The van der Waals surface area contributed by atoms with Gasteiger partial charge in [0.1, 0.15) is 5.78 Å². The van der Waals surface area contributed by atoms with Crippen molar-refractivity contribution < 1.29 is 42.9 Å². The van der Waals surface area contributed by atoms with Gasteiger partial charge < -0.3 is 23.7 Å². The van der Waals surface area contributed by atoms with Crippen LogP contribution in [0.2, 0.25) is 0 Å². The number of benzene rings is 2. The highest BCUT2D eigenvalue weighted by Crippen LogP contribution is 2.39. The highest BCUT2D eigenvalue weighted by molar-refractivity contribution is 7.21. The minimum Gasteiger partial charge on any atom is -0.490 e. The minimum atomic E-state index is -0.519. The normalized spacial score (nSPS) is 15.2. The number of rotatable bonds is 8. The first-order chi connectivity index (χ1) is 21.6. The van der Waals surface area contributed by atoms with Crippen LogP contribution in [-0.4, -0.2) is 56.9 Å². The van der Waals surface area contributed by atoms with Crippen molar-refractivity contribution in [2.75, 3.05) is 33.5 Å². The van der Waals surface area contributed by atoms with Gasteiger partial charge in [0.25, 0.3) is 0 Å². The largest absolute Gasteiger partial charge is 0.490 e. The molecule has 5 rings (SSSR count). The van der Waals surface area contributed by atoms with Crippen LogP contribution in [0.1, 0.15) is 65.8 Å². The molecule has 1 aliphatic heterocycles. The lowest BCUT2D eigenvalue weighted by atomic mass is 10.0. The molecule has 3 heterocycles. The molecule has 9 nitrogen and oxygen atoms in total. The van der Waals surface area contributed by atoms with E-state index in [9.17, 15) is 19.2 Å². The van der Waals surface area contributed by atoms with Gasteiger partial charge in [0, 0.05) is 53.1 Å². The summed E-state index contributed by atoms with van der Waals surface area (Å²) in [5.74, 6) is 0.945. The van der Waals surface area contributed by atoms with Crippen LogP contribution in [0, 0.1) is 11.8 Å². The maximum absolute atomic E-state index is 12.9. The number of fused-ring (bicyclic) bond motifs is 4. The van der Waals surface area contributed by atoms with Crippen LogP contribution in [0.3, 0.4) is 0 Å². The minimum absolute atomic E-state index is 0.0000637. The highest BCUT2D eigenvalue weighted by Gasteiger charge is 2.22. The van der Waals surface area contributed by atoms with Gasteiger partial charge >= 0.3 is 5.97 Å². The molecule has 1 aliphatic rings. The summed E-state index contributed by atoms with van der Waals surface area (Å²) in [7, 11) is 1.32. The number of methoxy groups -OCH3 is 1. The number of carbonyl (C=O) groups excluding carboxylic acids is 4. The summed E-state index contributed by atoms with van der Waals surface area (Å²) in [4.78, 5) is 50.3. The van der Waals surface area contributed by atoms with Crippen LogP contribution in [0.15, 0.2) is 36.4 Å². The third-order valence-electron chi connectivity index (χ3n) is 7.60. The van der Waals surface area contributed by atoms with E-state index in [4.69, 9.17) is 23.7 Å². The van der Waals surface area contributed by atoms with Gasteiger partial charge in [0.15, 0.2) is 34.6 Å². The van der Waals surface area contributed by atoms with Gasteiger partial charge in [0.2, 0.25) is 0 Å². The van der Waals surface area contributed by atoms with Crippen molar-refractivity contribution in [1.29, 1.82) is 0 Å². The number of esters is 1. The number of carbonyl (C=O) groups is 4. The third-order valence-corrected chi connectivity index (χ3v) is 9.88. The molecule has 2 aromatic carbocycles. The van der Waals surface area contributed by atoms with E-state index in [1.54, 1.807) is 13.8 Å². The van der Waals surface area contributed by atoms with Crippen molar-refractivity contribution in [2.45, 2.75) is 46.5 Å². The SMILES string of the molecule is COC(=O)[C@@H](C)CC(=O)c1cc2cc3c(cc2s1)OCCCOc1cc2sc(C(=O)C[C@H](C)C(C)=O)cc2cc1OCCCO3. The molecule has 0 N–H and O–H groups in total. The molecule has 0 aliphatic carbocycles. The van der Waals surface area contributed by atoms with Gasteiger partial charge in [-0.1, -0.05) is 13.8 Å². The number of ketones is 3. The van der Waals surface area contributed by atoms with E-state index in [0.29, 0.717) is 72.0 Å². The first-order valence-electron chi connectivity index (χ1n) is 14.9. The summed E-state index contributed by atoms with van der Waals surface area (Å²) in [6, 6.07) is 11.2. The average molecular weight is 653 g/mol. The Morgan fingerprint density at radius 1 is 0.667 bits per heavy atom. The molecule has 0 bridgehead atoms. The summed E-state index contributed by atoms with van der Waals surface area (Å²) in [6.07, 6.45) is 1.44. The van der Waals surface area contributed by atoms with E-state index in [0.717, 1.165) is 20.2 Å². The summed E-state index contributed by atoms with van der Waals surface area (Å²) >= 11 is 2.74. The molecule has 0 saturated carbocycles. The smallest absolute Gasteiger partial charge is 0.308 e. The average Bonchev–Trinajstić information content (AvgIpc) is 3.63. The van der Waals surface area contributed by atoms with Crippen LogP contribution in [-0.2, 0) is 14.3 Å². The van der Waals surface area contributed by atoms with Crippen LogP contribution in [0.5, 0.6) is 23.0 Å². The summed E-state index contributed by atoms with van der Waals surface area (Å²) in [5, 5.41) is 1.74. The van der Waals surface area contributed by atoms with Crippen LogP contribution >= 0.6 is 22.7 Å². The summed E-state index contributed by atoms with van der Waals surface area (Å²) < 4.78 is 31.0. The van der Waals surface area contributed by atoms with Crippen LogP contribution in [0.4, 0.5) is 0 Å². The molecule has 0 fully saturated rings. The van der Waals surface area contributed by atoms with E-state index in [-0.39, 0.29) is 36.1 Å². The molecule has 0 amide bonds. The second kappa shape index (κ2) is 14.4. The zero-order chi connectivity index (χ0) is 32.1. The predicted octanol–water partition coefficient (Wildman–Crippen LogP) is 7.31.